The Balaban J connectivity index is 1.50. The van der Waals surface area contributed by atoms with Crippen molar-refractivity contribution in [2.24, 2.45) is 0 Å². The van der Waals surface area contributed by atoms with Gasteiger partial charge >= 0.3 is 0 Å². The van der Waals surface area contributed by atoms with Crippen LogP contribution in [0.4, 0.5) is 11.8 Å². The number of carbonyl (C=O) groups is 1. The Bertz CT molecular complexity index is 740. The zero-order chi connectivity index (χ0) is 16.0. The lowest BCUT2D eigenvalue weighted by Gasteiger charge is -2.41. The van der Waals surface area contributed by atoms with E-state index < -0.39 is 5.41 Å². The van der Waals surface area contributed by atoms with Crippen molar-refractivity contribution in [3.8, 4) is 0 Å². The van der Waals surface area contributed by atoms with Crippen LogP contribution in [0.3, 0.4) is 0 Å². The maximum Gasteiger partial charge on any atom is 0.238 e. The van der Waals surface area contributed by atoms with Gasteiger partial charge in [-0.25, -0.2) is 15.0 Å². The molecule has 1 saturated carbocycles. The maximum atomic E-state index is 12.8. The molecule has 4 rings (SSSR count). The number of nitrogens with zero attached hydrogens (tertiary/aromatic N) is 4. The molecular formula is C17H19N5O. The second-order valence-corrected chi connectivity index (χ2v) is 6.71. The predicted octanol–water partition coefficient (Wildman–Crippen LogP) is 2.14. The first kappa shape index (κ1) is 14.1. The number of pyridine rings is 1. The zero-order valence-electron chi connectivity index (χ0n) is 13.2. The van der Waals surface area contributed by atoms with Gasteiger partial charge in [0.1, 0.15) is 5.82 Å². The minimum Gasteiger partial charge on any atom is -0.351 e. The molecule has 23 heavy (non-hydrogen) atoms. The van der Waals surface area contributed by atoms with Crippen molar-refractivity contribution in [3.63, 3.8) is 0 Å². The van der Waals surface area contributed by atoms with E-state index >= 15 is 0 Å². The molecule has 2 aromatic rings. The number of amides is 1. The molecule has 0 atom stereocenters. The van der Waals surface area contributed by atoms with Gasteiger partial charge in [-0.15, -0.1) is 0 Å². The van der Waals surface area contributed by atoms with Gasteiger partial charge in [-0.1, -0.05) is 6.07 Å². The fourth-order valence-electron chi connectivity index (χ4n) is 3.40. The van der Waals surface area contributed by atoms with Crippen LogP contribution in [0.2, 0.25) is 0 Å². The third-order valence-corrected chi connectivity index (χ3v) is 4.82. The SMILES string of the molecule is CC1(C)C(=O)N([C@H]2C[C@H](Nc3ncccn3)C2)c2ncccc21. The van der Waals surface area contributed by atoms with E-state index in [1.165, 1.54) is 0 Å². The summed E-state index contributed by atoms with van der Waals surface area (Å²) in [5, 5.41) is 3.31. The van der Waals surface area contributed by atoms with Crippen molar-refractivity contribution in [1.82, 2.24) is 15.0 Å². The second-order valence-electron chi connectivity index (χ2n) is 6.71. The fourth-order valence-corrected chi connectivity index (χ4v) is 3.40. The summed E-state index contributed by atoms with van der Waals surface area (Å²) >= 11 is 0. The van der Waals surface area contributed by atoms with Gasteiger partial charge in [-0.3, -0.25) is 9.69 Å². The number of aromatic nitrogens is 3. The number of hydrogen-bond acceptors (Lipinski definition) is 5. The Morgan fingerprint density at radius 1 is 1.13 bits per heavy atom. The number of nitrogens with one attached hydrogen (secondary N) is 1. The van der Waals surface area contributed by atoms with Gasteiger partial charge in [0.05, 0.1) is 5.41 Å². The van der Waals surface area contributed by atoms with Crippen molar-refractivity contribution in [2.75, 3.05) is 10.2 Å². The lowest BCUT2D eigenvalue weighted by Crippen LogP contribution is -2.53. The summed E-state index contributed by atoms with van der Waals surface area (Å²) in [6.45, 7) is 3.95. The van der Waals surface area contributed by atoms with E-state index in [0.29, 0.717) is 12.0 Å². The molecule has 1 aliphatic carbocycles. The van der Waals surface area contributed by atoms with Crippen LogP contribution in [0.25, 0.3) is 0 Å². The smallest absolute Gasteiger partial charge is 0.238 e. The van der Waals surface area contributed by atoms with E-state index in [1.807, 2.05) is 30.9 Å². The lowest BCUT2D eigenvalue weighted by molar-refractivity contribution is -0.122. The van der Waals surface area contributed by atoms with Gasteiger partial charge in [0.15, 0.2) is 0 Å². The van der Waals surface area contributed by atoms with Crippen LogP contribution >= 0.6 is 0 Å². The molecule has 2 aromatic heterocycles. The highest BCUT2D eigenvalue weighted by Crippen LogP contribution is 2.44. The van der Waals surface area contributed by atoms with Gasteiger partial charge in [-0.2, -0.15) is 0 Å². The van der Waals surface area contributed by atoms with Gasteiger partial charge in [0.25, 0.3) is 0 Å². The minimum atomic E-state index is -0.495. The average molecular weight is 309 g/mol. The molecule has 1 N–H and O–H groups in total. The van der Waals surface area contributed by atoms with Crippen molar-refractivity contribution >= 4 is 17.7 Å². The predicted molar refractivity (Wildman–Crippen MR) is 87.2 cm³/mol. The minimum absolute atomic E-state index is 0.144. The van der Waals surface area contributed by atoms with E-state index in [1.54, 1.807) is 24.7 Å². The van der Waals surface area contributed by atoms with Gasteiger partial charge in [0, 0.05) is 36.2 Å². The summed E-state index contributed by atoms with van der Waals surface area (Å²) in [6.07, 6.45) is 6.97. The quantitative estimate of drug-likeness (QED) is 0.940. The standard InChI is InChI=1S/C17H19N5O/c1-17(2)13-5-3-6-18-14(13)22(15(17)23)12-9-11(10-12)21-16-19-7-4-8-20-16/h3-8,11-12H,9-10H2,1-2H3,(H,19,20,21)/t11-,12-. The monoisotopic (exact) mass is 309 g/mol. The number of carbonyl (C=O) groups excluding carboxylic acids is 1. The highest BCUT2D eigenvalue weighted by molar-refractivity contribution is 6.07. The molecule has 1 aliphatic heterocycles. The molecule has 6 nitrogen and oxygen atoms in total. The molecule has 0 unspecified atom stereocenters. The first-order chi connectivity index (χ1) is 11.1. The molecule has 0 spiro atoms. The topological polar surface area (TPSA) is 71.0 Å². The maximum absolute atomic E-state index is 12.8. The van der Waals surface area contributed by atoms with Gasteiger partial charge in [-0.05, 0) is 38.8 Å². The average Bonchev–Trinajstić information content (AvgIpc) is 2.72. The Labute approximate surface area is 135 Å². The van der Waals surface area contributed by atoms with Crippen LogP contribution in [0.15, 0.2) is 36.8 Å². The first-order valence-corrected chi connectivity index (χ1v) is 7.90. The molecule has 0 bridgehead atoms. The van der Waals surface area contributed by atoms with Crippen molar-refractivity contribution < 1.29 is 4.79 Å². The normalized spacial score (nSPS) is 25.0. The van der Waals surface area contributed by atoms with Gasteiger partial charge < -0.3 is 5.32 Å². The largest absolute Gasteiger partial charge is 0.351 e. The molecule has 118 valence electrons. The van der Waals surface area contributed by atoms with Crippen LogP contribution in [0, 0.1) is 0 Å². The summed E-state index contributed by atoms with van der Waals surface area (Å²) in [4.78, 5) is 27.5. The number of rotatable bonds is 3. The van der Waals surface area contributed by atoms with Gasteiger partial charge in [0.2, 0.25) is 11.9 Å². The van der Waals surface area contributed by atoms with Crippen LogP contribution in [-0.4, -0.2) is 32.9 Å². The number of anilines is 2. The van der Waals surface area contributed by atoms with Crippen LogP contribution in [0.5, 0.6) is 0 Å². The number of fused-ring (bicyclic) bond motifs is 1. The van der Waals surface area contributed by atoms with Crippen molar-refractivity contribution in [3.05, 3.63) is 42.4 Å². The lowest BCUT2D eigenvalue weighted by atomic mass is 9.84. The summed E-state index contributed by atoms with van der Waals surface area (Å²) in [7, 11) is 0. The molecule has 0 radical (unpaired) electrons. The zero-order valence-corrected chi connectivity index (χ0v) is 13.2. The summed E-state index contributed by atoms with van der Waals surface area (Å²) in [6, 6.07) is 6.19. The molecule has 0 aromatic carbocycles. The third kappa shape index (κ3) is 2.17. The third-order valence-electron chi connectivity index (χ3n) is 4.82. The number of hydrogen-bond donors (Lipinski definition) is 1. The molecule has 2 aliphatic rings. The Kier molecular flexibility index (Phi) is 3.07. The molecule has 6 heteroatoms. The molecule has 1 amide bonds. The summed E-state index contributed by atoms with van der Waals surface area (Å²) < 4.78 is 0. The van der Waals surface area contributed by atoms with E-state index in [9.17, 15) is 4.79 Å². The van der Waals surface area contributed by atoms with E-state index in [2.05, 4.69) is 20.3 Å². The first-order valence-electron chi connectivity index (χ1n) is 7.90. The highest BCUT2D eigenvalue weighted by Gasteiger charge is 2.50. The van der Waals surface area contributed by atoms with Crippen LogP contribution in [0.1, 0.15) is 32.3 Å². The van der Waals surface area contributed by atoms with E-state index in [-0.39, 0.29) is 11.9 Å². The highest BCUT2D eigenvalue weighted by atomic mass is 16.2. The van der Waals surface area contributed by atoms with E-state index in [4.69, 9.17) is 0 Å². The fraction of sp³-hybridized carbons (Fsp3) is 0.412. The Morgan fingerprint density at radius 2 is 1.83 bits per heavy atom. The summed E-state index contributed by atoms with van der Waals surface area (Å²) in [5.41, 5.74) is 0.526. The molecule has 3 heterocycles. The van der Waals surface area contributed by atoms with Crippen molar-refractivity contribution in [1.29, 1.82) is 0 Å². The Hall–Kier alpha value is -2.50. The summed E-state index contributed by atoms with van der Waals surface area (Å²) in [5.74, 6) is 1.61. The van der Waals surface area contributed by atoms with Crippen LogP contribution < -0.4 is 10.2 Å². The van der Waals surface area contributed by atoms with E-state index in [0.717, 1.165) is 24.2 Å². The van der Waals surface area contributed by atoms with Crippen LogP contribution in [-0.2, 0) is 10.2 Å². The molecule has 1 fully saturated rings. The molecular weight excluding hydrogens is 290 g/mol. The second kappa shape index (κ2) is 5.01. The van der Waals surface area contributed by atoms with Crippen molar-refractivity contribution in [2.45, 2.75) is 44.2 Å². The molecule has 0 saturated heterocycles. The Morgan fingerprint density at radius 3 is 2.57 bits per heavy atom.